The van der Waals surface area contributed by atoms with Crippen LogP contribution in [0.15, 0.2) is 12.1 Å². The number of nitrogens with zero attached hydrogens (tertiary/aromatic N) is 1. The van der Waals surface area contributed by atoms with Crippen molar-refractivity contribution < 1.29 is 22.5 Å². The van der Waals surface area contributed by atoms with Crippen LogP contribution in [0.25, 0.3) is 0 Å². The van der Waals surface area contributed by atoms with Crippen LogP contribution < -0.4 is 0 Å². The zero-order valence-corrected chi connectivity index (χ0v) is 7.56. The number of hydrogen-bond donors (Lipinski definition) is 0. The number of nitro groups is 1. The Hall–Kier alpha value is -1.37. The van der Waals surface area contributed by atoms with Gasteiger partial charge in [-0.2, -0.15) is 17.6 Å². The Morgan fingerprint density at radius 2 is 1.87 bits per heavy atom. The molecule has 0 fully saturated rings. The summed E-state index contributed by atoms with van der Waals surface area (Å²) in [5.41, 5.74) is -3.32. The monoisotopic (exact) mass is 243 g/mol. The quantitative estimate of drug-likeness (QED) is 0.431. The van der Waals surface area contributed by atoms with Gasteiger partial charge >= 0.3 is 11.9 Å². The fraction of sp³-hybridized carbons (Fsp3) is 0.143. The highest BCUT2D eigenvalue weighted by Gasteiger charge is 2.40. The van der Waals surface area contributed by atoms with Gasteiger partial charge in [-0.1, -0.05) is 11.6 Å². The normalized spacial score (nSPS) is 11.5. The minimum atomic E-state index is -4.99. The molecule has 0 N–H and O–H groups in total. The molecule has 82 valence electrons. The first kappa shape index (κ1) is 11.7. The van der Waals surface area contributed by atoms with Crippen molar-refractivity contribution in [3.63, 3.8) is 0 Å². The standard InChI is InChI=1S/C7H2ClF4NO2/c8-4-2-1-3(7(10,11)12)6(5(4)9)13(14)15/h1-2H. The lowest BCUT2D eigenvalue weighted by atomic mass is 10.1. The van der Waals surface area contributed by atoms with E-state index < -0.39 is 33.2 Å². The number of halogens is 5. The zero-order chi connectivity index (χ0) is 11.8. The van der Waals surface area contributed by atoms with Crippen molar-refractivity contribution in [2.75, 3.05) is 0 Å². The molecule has 0 unspecified atom stereocenters. The average Bonchev–Trinajstić information content (AvgIpc) is 2.06. The highest BCUT2D eigenvalue weighted by Crippen LogP contribution is 2.39. The van der Waals surface area contributed by atoms with Crippen molar-refractivity contribution in [2.24, 2.45) is 0 Å². The second kappa shape index (κ2) is 3.65. The van der Waals surface area contributed by atoms with Gasteiger partial charge in [-0.25, -0.2) is 0 Å². The van der Waals surface area contributed by atoms with Crippen LogP contribution in [0.3, 0.4) is 0 Å². The Morgan fingerprint density at radius 1 is 1.33 bits per heavy atom. The molecular formula is C7H2ClF4NO2. The van der Waals surface area contributed by atoms with Gasteiger partial charge in [0.2, 0.25) is 5.82 Å². The SMILES string of the molecule is O=[N+]([O-])c1c(C(F)(F)F)ccc(Cl)c1F. The van der Waals surface area contributed by atoms with Crippen molar-refractivity contribution in [3.05, 3.63) is 38.7 Å². The van der Waals surface area contributed by atoms with Crippen LogP contribution in [0.4, 0.5) is 23.2 Å². The van der Waals surface area contributed by atoms with E-state index in [1.54, 1.807) is 0 Å². The van der Waals surface area contributed by atoms with Gasteiger partial charge in [0, 0.05) is 0 Å². The molecule has 0 saturated carbocycles. The van der Waals surface area contributed by atoms with Crippen molar-refractivity contribution in [1.82, 2.24) is 0 Å². The summed E-state index contributed by atoms with van der Waals surface area (Å²) in [6.45, 7) is 0. The van der Waals surface area contributed by atoms with Gasteiger partial charge in [0.15, 0.2) is 0 Å². The van der Waals surface area contributed by atoms with E-state index in [2.05, 4.69) is 0 Å². The molecule has 0 aliphatic rings. The first-order chi connectivity index (χ1) is 6.75. The highest BCUT2D eigenvalue weighted by molar-refractivity contribution is 6.31. The van der Waals surface area contributed by atoms with Crippen molar-refractivity contribution in [3.8, 4) is 0 Å². The molecule has 8 heteroatoms. The van der Waals surface area contributed by atoms with E-state index in [0.717, 1.165) is 0 Å². The van der Waals surface area contributed by atoms with Crippen molar-refractivity contribution >= 4 is 17.3 Å². The van der Waals surface area contributed by atoms with E-state index in [1.807, 2.05) is 0 Å². The molecule has 1 aromatic rings. The number of nitro benzene ring substituents is 1. The largest absolute Gasteiger partial charge is 0.423 e. The minimum absolute atomic E-state index is 0.365. The second-order valence-electron chi connectivity index (χ2n) is 2.51. The van der Waals surface area contributed by atoms with Crippen LogP contribution in [0.2, 0.25) is 5.02 Å². The fourth-order valence-corrected chi connectivity index (χ4v) is 1.10. The molecule has 0 radical (unpaired) electrons. The van der Waals surface area contributed by atoms with Gasteiger partial charge < -0.3 is 0 Å². The molecule has 15 heavy (non-hydrogen) atoms. The molecule has 0 saturated heterocycles. The van der Waals surface area contributed by atoms with Crippen molar-refractivity contribution in [1.29, 1.82) is 0 Å². The molecular weight excluding hydrogens is 242 g/mol. The average molecular weight is 244 g/mol. The van der Waals surface area contributed by atoms with Crippen LogP contribution in [0.1, 0.15) is 5.56 Å². The highest BCUT2D eigenvalue weighted by atomic mass is 35.5. The summed E-state index contributed by atoms with van der Waals surface area (Å²) in [5, 5.41) is 9.52. The molecule has 0 bridgehead atoms. The van der Waals surface area contributed by atoms with Gasteiger partial charge in [0.1, 0.15) is 5.56 Å². The Balaban J connectivity index is 3.55. The van der Waals surface area contributed by atoms with E-state index in [9.17, 15) is 27.7 Å². The molecule has 1 rings (SSSR count). The van der Waals surface area contributed by atoms with Gasteiger partial charge in [0.05, 0.1) is 9.95 Å². The van der Waals surface area contributed by atoms with E-state index in [4.69, 9.17) is 11.6 Å². The molecule has 0 amide bonds. The third-order valence-electron chi connectivity index (χ3n) is 1.56. The summed E-state index contributed by atoms with van der Waals surface area (Å²) in [7, 11) is 0. The van der Waals surface area contributed by atoms with Gasteiger partial charge in [-0.15, -0.1) is 0 Å². The summed E-state index contributed by atoms with van der Waals surface area (Å²) in [4.78, 5) is 8.79. The smallest absolute Gasteiger partial charge is 0.258 e. The van der Waals surface area contributed by atoms with E-state index in [-0.39, 0.29) is 0 Å². The molecule has 3 nitrogen and oxygen atoms in total. The van der Waals surface area contributed by atoms with Crippen LogP contribution in [0, 0.1) is 15.9 Å². The first-order valence-electron chi connectivity index (χ1n) is 3.44. The summed E-state index contributed by atoms with van der Waals surface area (Å²) in [6, 6.07) is 0.982. The van der Waals surface area contributed by atoms with Crippen LogP contribution in [-0.2, 0) is 6.18 Å². The molecule has 0 aliphatic carbocycles. The molecule has 0 spiro atoms. The van der Waals surface area contributed by atoms with E-state index in [0.29, 0.717) is 12.1 Å². The van der Waals surface area contributed by atoms with Crippen LogP contribution >= 0.6 is 11.6 Å². The molecule has 0 aliphatic heterocycles. The number of hydrogen-bond acceptors (Lipinski definition) is 2. The summed E-state index contributed by atoms with van der Waals surface area (Å²) < 4.78 is 49.6. The van der Waals surface area contributed by atoms with Crippen LogP contribution in [0.5, 0.6) is 0 Å². The lowest BCUT2D eigenvalue weighted by Crippen LogP contribution is -2.10. The Labute approximate surface area is 85.4 Å². The maximum Gasteiger partial charge on any atom is 0.423 e. The van der Waals surface area contributed by atoms with Gasteiger partial charge in [-0.05, 0) is 12.1 Å². The fourth-order valence-electron chi connectivity index (χ4n) is 0.947. The Bertz CT molecular complexity index is 418. The molecule has 0 aromatic heterocycles. The maximum absolute atomic E-state index is 13.0. The topological polar surface area (TPSA) is 43.1 Å². The first-order valence-corrected chi connectivity index (χ1v) is 3.82. The van der Waals surface area contributed by atoms with Gasteiger partial charge in [0.25, 0.3) is 0 Å². The van der Waals surface area contributed by atoms with Crippen molar-refractivity contribution in [2.45, 2.75) is 6.18 Å². The van der Waals surface area contributed by atoms with E-state index in [1.165, 1.54) is 0 Å². The molecule has 0 heterocycles. The lowest BCUT2D eigenvalue weighted by Gasteiger charge is -2.07. The summed E-state index contributed by atoms with van der Waals surface area (Å²) >= 11 is 5.13. The van der Waals surface area contributed by atoms with Crippen LogP contribution in [-0.4, -0.2) is 4.92 Å². The number of benzene rings is 1. The maximum atomic E-state index is 13.0. The number of rotatable bonds is 1. The second-order valence-corrected chi connectivity index (χ2v) is 2.92. The zero-order valence-electron chi connectivity index (χ0n) is 6.81. The Morgan fingerprint density at radius 3 is 2.27 bits per heavy atom. The van der Waals surface area contributed by atoms with Gasteiger partial charge in [-0.3, -0.25) is 10.1 Å². The predicted octanol–water partition coefficient (Wildman–Crippen LogP) is 3.41. The van der Waals surface area contributed by atoms with E-state index >= 15 is 0 Å². The predicted molar refractivity (Wildman–Crippen MR) is 43.1 cm³/mol. The molecule has 0 atom stereocenters. The summed E-state index contributed by atoms with van der Waals surface area (Å²) in [5.74, 6) is -1.68. The third-order valence-corrected chi connectivity index (χ3v) is 1.85. The minimum Gasteiger partial charge on any atom is -0.258 e. The Kier molecular flexibility index (Phi) is 2.85. The summed E-state index contributed by atoms with van der Waals surface area (Å²) in [6.07, 6.45) is -4.99. The molecule has 1 aromatic carbocycles. The third kappa shape index (κ3) is 2.17. The lowest BCUT2D eigenvalue weighted by molar-refractivity contribution is -0.390. The number of alkyl halides is 3.